The van der Waals surface area contributed by atoms with Crippen LogP contribution in [0, 0.1) is 23.7 Å². The van der Waals surface area contributed by atoms with E-state index in [-0.39, 0.29) is 45.8 Å². The summed E-state index contributed by atoms with van der Waals surface area (Å²) < 4.78 is 20.4. The monoisotopic (exact) mass is 520 g/mol. The molecule has 2 rings (SSSR count). The molecule has 1 aliphatic rings. The molecule has 6 heteroatoms. The zero-order valence-electron chi connectivity index (χ0n) is 24.6. The highest BCUT2D eigenvalue weighted by molar-refractivity contribution is 6.73. The lowest BCUT2D eigenvalue weighted by Gasteiger charge is -2.59. The number of ketones is 1. The van der Waals surface area contributed by atoms with Gasteiger partial charge in [0.1, 0.15) is 5.78 Å². The van der Waals surface area contributed by atoms with Crippen LogP contribution >= 0.6 is 0 Å². The molecule has 0 unspecified atom stereocenters. The van der Waals surface area contributed by atoms with Crippen molar-refractivity contribution in [3.63, 3.8) is 0 Å². The number of benzene rings is 1. The van der Waals surface area contributed by atoms with E-state index in [0.29, 0.717) is 19.6 Å². The topological polar surface area (TPSA) is 65.0 Å². The highest BCUT2D eigenvalue weighted by atomic mass is 28.4. The van der Waals surface area contributed by atoms with Crippen molar-refractivity contribution in [1.82, 2.24) is 0 Å². The summed E-state index contributed by atoms with van der Waals surface area (Å²) in [6.07, 6.45) is -0.625. The summed E-state index contributed by atoms with van der Waals surface area (Å²) in [4.78, 5) is 12.4. The van der Waals surface area contributed by atoms with Gasteiger partial charge in [0.2, 0.25) is 0 Å². The molecule has 0 aromatic heterocycles. The molecule has 1 aliphatic heterocycles. The first kappa shape index (κ1) is 31.2. The molecular weight excluding hydrogens is 468 g/mol. The van der Waals surface area contributed by atoms with Crippen LogP contribution in [0.15, 0.2) is 30.3 Å². The quantitative estimate of drug-likeness (QED) is 0.339. The van der Waals surface area contributed by atoms with Gasteiger partial charge in [-0.3, -0.25) is 4.79 Å². The van der Waals surface area contributed by atoms with Gasteiger partial charge in [-0.25, -0.2) is 0 Å². The van der Waals surface area contributed by atoms with Crippen LogP contribution in [0.2, 0.25) is 10.1 Å². The van der Waals surface area contributed by atoms with Crippen LogP contribution in [0.5, 0.6) is 0 Å². The van der Waals surface area contributed by atoms with Crippen LogP contribution in [0.3, 0.4) is 0 Å². The average molecular weight is 521 g/mol. The summed E-state index contributed by atoms with van der Waals surface area (Å²) >= 11 is 0. The third-order valence-corrected chi connectivity index (χ3v) is 13.3. The van der Waals surface area contributed by atoms with E-state index >= 15 is 0 Å². The van der Waals surface area contributed by atoms with Crippen molar-refractivity contribution in [1.29, 1.82) is 0 Å². The van der Waals surface area contributed by atoms with Crippen molar-refractivity contribution < 1.29 is 23.5 Å². The van der Waals surface area contributed by atoms with Crippen molar-refractivity contribution in [2.24, 2.45) is 23.7 Å². The van der Waals surface area contributed by atoms with Crippen molar-refractivity contribution in [2.75, 3.05) is 6.61 Å². The molecule has 1 N–H and O–H groups in total. The maximum Gasteiger partial charge on any atom is 0.349 e. The van der Waals surface area contributed by atoms with E-state index in [9.17, 15) is 9.90 Å². The minimum absolute atomic E-state index is 0.0410. The van der Waals surface area contributed by atoms with E-state index in [1.165, 1.54) is 0 Å². The summed E-state index contributed by atoms with van der Waals surface area (Å²) in [6, 6.07) is 10.2. The standard InChI is InChI=1S/C30H52O5Si/c1-12-25(31)21(3)26(32)22(4)28-23(5)27(20(2)18-33-19-24-16-14-13-15-17-24)34-36(35-28,29(6,7)8)30(9,10)11/h13-17,20-23,26-28,32H,12,18-19H2,1-11H3/t20-,21-,22-,23-,26+,27+,28-/m1/s1. The second kappa shape index (κ2) is 12.2. The number of aliphatic hydroxyl groups is 1. The molecule has 1 heterocycles. The molecule has 1 fully saturated rings. The van der Waals surface area contributed by atoms with Crippen LogP contribution in [-0.2, 0) is 25.0 Å². The number of hydrogen-bond acceptors (Lipinski definition) is 5. The van der Waals surface area contributed by atoms with Gasteiger partial charge in [0, 0.05) is 40.2 Å². The predicted octanol–water partition coefficient (Wildman–Crippen LogP) is 6.91. The zero-order chi connectivity index (χ0) is 27.5. The summed E-state index contributed by atoms with van der Waals surface area (Å²) in [5, 5.41) is 10.9. The largest absolute Gasteiger partial charge is 0.392 e. The Hall–Kier alpha value is -1.05. The van der Waals surface area contributed by atoms with Crippen molar-refractivity contribution in [2.45, 2.75) is 118 Å². The number of ether oxygens (including phenoxy) is 1. The second-order valence-corrected chi connectivity index (χ2v) is 17.8. The summed E-state index contributed by atoms with van der Waals surface area (Å²) in [5.41, 5.74) is 1.16. The molecule has 36 heavy (non-hydrogen) atoms. The van der Waals surface area contributed by atoms with Crippen molar-refractivity contribution >= 4 is 14.3 Å². The Morgan fingerprint density at radius 3 is 2.03 bits per heavy atom. The zero-order valence-corrected chi connectivity index (χ0v) is 25.6. The molecule has 0 saturated carbocycles. The van der Waals surface area contributed by atoms with E-state index in [2.05, 4.69) is 67.5 Å². The SMILES string of the molecule is CCC(=O)[C@@H](C)[C@H](O)[C@@H](C)[C@H]1O[Si](C(C)(C)C)(C(C)(C)C)O[C@@H]([C@H](C)COCc2ccccc2)[C@H]1C. The lowest BCUT2D eigenvalue weighted by Crippen LogP contribution is -2.68. The molecule has 0 bridgehead atoms. The van der Waals surface area contributed by atoms with E-state index in [0.717, 1.165) is 5.56 Å². The number of carbonyl (C=O) groups is 1. The van der Waals surface area contributed by atoms with Crippen LogP contribution in [0.1, 0.15) is 88.1 Å². The summed E-state index contributed by atoms with van der Waals surface area (Å²) in [6.45, 7) is 24.6. The molecule has 0 amide bonds. The molecule has 7 atom stereocenters. The minimum atomic E-state index is -2.85. The van der Waals surface area contributed by atoms with Gasteiger partial charge in [0.15, 0.2) is 0 Å². The Morgan fingerprint density at radius 2 is 1.53 bits per heavy atom. The summed E-state index contributed by atoms with van der Waals surface area (Å²) in [7, 11) is -2.85. The first-order chi connectivity index (χ1) is 16.6. The van der Waals surface area contributed by atoms with Crippen molar-refractivity contribution in [3.8, 4) is 0 Å². The summed E-state index contributed by atoms with van der Waals surface area (Å²) in [5.74, 6) is -0.353. The maximum atomic E-state index is 12.4. The molecule has 0 radical (unpaired) electrons. The highest BCUT2D eigenvalue weighted by Crippen LogP contribution is 2.57. The van der Waals surface area contributed by atoms with E-state index in [4.69, 9.17) is 13.6 Å². The first-order valence-corrected chi connectivity index (χ1v) is 15.6. The number of rotatable bonds is 10. The maximum absolute atomic E-state index is 12.4. The lowest BCUT2D eigenvalue weighted by molar-refractivity contribution is -0.139. The van der Waals surface area contributed by atoms with E-state index in [1.807, 2.05) is 39.0 Å². The number of aliphatic hydroxyl groups excluding tert-OH is 1. The predicted molar refractivity (Wildman–Crippen MR) is 149 cm³/mol. The van der Waals surface area contributed by atoms with Gasteiger partial charge < -0.3 is 18.7 Å². The van der Waals surface area contributed by atoms with Gasteiger partial charge in [0.25, 0.3) is 0 Å². The fourth-order valence-electron chi connectivity index (χ4n) is 6.06. The van der Waals surface area contributed by atoms with Crippen molar-refractivity contribution in [3.05, 3.63) is 35.9 Å². The Morgan fingerprint density at radius 1 is 1.00 bits per heavy atom. The van der Waals surface area contributed by atoms with Gasteiger partial charge in [-0.1, -0.05) is 106 Å². The Kier molecular flexibility index (Phi) is 10.6. The van der Waals surface area contributed by atoms with Crippen LogP contribution in [0.4, 0.5) is 0 Å². The number of carbonyl (C=O) groups excluding carboxylic acids is 1. The van der Waals surface area contributed by atoms with Gasteiger partial charge >= 0.3 is 8.56 Å². The minimum Gasteiger partial charge on any atom is -0.392 e. The Balaban J connectivity index is 2.38. The first-order valence-electron chi connectivity index (χ1n) is 13.8. The lowest BCUT2D eigenvalue weighted by atomic mass is 9.79. The van der Waals surface area contributed by atoms with E-state index < -0.39 is 20.6 Å². The van der Waals surface area contributed by atoms with Gasteiger partial charge in [-0.15, -0.1) is 0 Å². The molecule has 1 aromatic rings. The Labute approximate surface area is 221 Å². The van der Waals surface area contributed by atoms with Gasteiger partial charge in [-0.05, 0) is 5.56 Å². The molecule has 1 aromatic carbocycles. The molecule has 5 nitrogen and oxygen atoms in total. The fourth-order valence-corrected chi connectivity index (χ4v) is 11.4. The molecule has 0 aliphatic carbocycles. The fraction of sp³-hybridized carbons (Fsp3) is 0.767. The van der Waals surface area contributed by atoms with Crippen LogP contribution in [0.25, 0.3) is 0 Å². The Bertz CT molecular complexity index is 814. The molecule has 206 valence electrons. The molecular formula is C30H52O5Si. The molecule has 1 saturated heterocycles. The second-order valence-electron chi connectivity index (χ2n) is 13.1. The third-order valence-electron chi connectivity index (χ3n) is 8.09. The van der Waals surface area contributed by atoms with Gasteiger partial charge in [0.05, 0.1) is 31.5 Å². The number of hydrogen-bond donors (Lipinski definition) is 1. The highest BCUT2D eigenvalue weighted by Gasteiger charge is 2.64. The smallest absolute Gasteiger partial charge is 0.349 e. The van der Waals surface area contributed by atoms with Crippen LogP contribution in [-0.4, -0.2) is 44.4 Å². The van der Waals surface area contributed by atoms with E-state index in [1.54, 1.807) is 0 Å². The third kappa shape index (κ3) is 6.68. The number of Topliss-reactive ketones (excluding diaryl/α,β-unsaturated/α-hetero) is 1. The van der Waals surface area contributed by atoms with Gasteiger partial charge in [-0.2, -0.15) is 0 Å². The normalized spacial score (nSPS) is 26.2. The molecule has 0 spiro atoms. The van der Waals surface area contributed by atoms with Crippen LogP contribution < -0.4 is 0 Å². The average Bonchev–Trinajstić information content (AvgIpc) is 2.81.